The summed E-state index contributed by atoms with van der Waals surface area (Å²) in [5, 5.41) is 0.373. The van der Waals surface area contributed by atoms with Gasteiger partial charge in [-0.3, -0.25) is 9.59 Å². The molecule has 0 aliphatic carbocycles. The molecule has 1 saturated heterocycles. The molecule has 1 fully saturated rings. The van der Waals surface area contributed by atoms with Gasteiger partial charge in [0.05, 0.1) is 18.7 Å². The third kappa shape index (κ3) is 5.53. The summed E-state index contributed by atoms with van der Waals surface area (Å²) in [6.45, 7) is 7.57. The molecule has 1 aliphatic heterocycles. The Hall–Kier alpha value is -1.95. The topological polar surface area (TPSA) is 59.1 Å². The van der Waals surface area contributed by atoms with E-state index in [4.69, 9.17) is 21.1 Å². The number of benzene rings is 1. The van der Waals surface area contributed by atoms with E-state index in [-0.39, 0.29) is 17.9 Å². The zero-order valence-electron chi connectivity index (χ0n) is 17.5. The van der Waals surface area contributed by atoms with Crippen LogP contribution in [0.2, 0.25) is 5.02 Å². The number of methoxy groups -OCH3 is 1. The van der Waals surface area contributed by atoms with Crippen molar-refractivity contribution in [2.75, 3.05) is 33.9 Å². The third-order valence-electron chi connectivity index (χ3n) is 5.21. The molecular formula is C21H31ClN2O4. The summed E-state index contributed by atoms with van der Waals surface area (Å²) in [6.07, 6.45) is 2.44. The molecule has 2 amide bonds. The molecule has 0 atom stereocenters. The second-order valence-electron chi connectivity index (χ2n) is 7.67. The van der Waals surface area contributed by atoms with Gasteiger partial charge in [-0.25, -0.2) is 0 Å². The second-order valence-corrected chi connectivity index (χ2v) is 8.08. The predicted molar refractivity (Wildman–Crippen MR) is 110 cm³/mol. The zero-order valence-corrected chi connectivity index (χ0v) is 18.2. The van der Waals surface area contributed by atoms with Crippen LogP contribution in [0, 0.1) is 5.92 Å². The van der Waals surface area contributed by atoms with E-state index in [2.05, 4.69) is 13.8 Å². The Labute approximate surface area is 172 Å². The lowest BCUT2D eigenvalue weighted by Crippen LogP contribution is -2.46. The second kappa shape index (κ2) is 10.0. The fraction of sp³-hybridized carbons (Fsp3) is 0.619. The molecule has 0 saturated carbocycles. The number of carbonyl (C=O) groups excluding carboxylic acids is 2. The molecule has 156 valence electrons. The quantitative estimate of drug-likeness (QED) is 0.684. The van der Waals surface area contributed by atoms with E-state index < -0.39 is 0 Å². The van der Waals surface area contributed by atoms with Crippen LogP contribution in [0.15, 0.2) is 12.1 Å². The number of carbonyl (C=O) groups is 2. The molecule has 1 aromatic rings. The highest BCUT2D eigenvalue weighted by molar-refractivity contribution is 6.32. The van der Waals surface area contributed by atoms with Crippen LogP contribution in [-0.2, 0) is 4.79 Å². The summed E-state index contributed by atoms with van der Waals surface area (Å²) >= 11 is 6.39. The first-order valence-corrected chi connectivity index (χ1v) is 10.1. The molecule has 0 aromatic heterocycles. The van der Waals surface area contributed by atoms with Crippen LogP contribution in [-0.4, -0.2) is 61.5 Å². The summed E-state index contributed by atoms with van der Waals surface area (Å²) in [7, 11) is 3.35. The van der Waals surface area contributed by atoms with Crippen molar-refractivity contribution in [2.24, 2.45) is 5.92 Å². The highest BCUT2D eigenvalue weighted by Gasteiger charge is 2.28. The molecule has 2 rings (SSSR count). The van der Waals surface area contributed by atoms with Gasteiger partial charge in [-0.2, -0.15) is 0 Å². The number of rotatable bonds is 7. The monoisotopic (exact) mass is 410 g/mol. The van der Waals surface area contributed by atoms with Crippen LogP contribution in [0.5, 0.6) is 11.5 Å². The van der Waals surface area contributed by atoms with Crippen LogP contribution in [0.3, 0.4) is 0 Å². The van der Waals surface area contributed by atoms with Gasteiger partial charge >= 0.3 is 0 Å². The van der Waals surface area contributed by atoms with Crippen molar-refractivity contribution in [1.29, 1.82) is 0 Å². The smallest absolute Gasteiger partial charge is 0.254 e. The first-order valence-electron chi connectivity index (χ1n) is 9.77. The van der Waals surface area contributed by atoms with Gasteiger partial charge in [0.2, 0.25) is 5.91 Å². The van der Waals surface area contributed by atoms with Crippen LogP contribution >= 0.6 is 11.6 Å². The van der Waals surface area contributed by atoms with E-state index in [0.717, 1.165) is 19.3 Å². The average molecular weight is 411 g/mol. The Balaban J connectivity index is 2.07. The molecular weight excluding hydrogens is 380 g/mol. The largest absolute Gasteiger partial charge is 0.493 e. The van der Waals surface area contributed by atoms with Crippen molar-refractivity contribution in [2.45, 2.75) is 46.1 Å². The van der Waals surface area contributed by atoms with Gasteiger partial charge in [-0.15, -0.1) is 0 Å². The van der Waals surface area contributed by atoms with E-state index in [1.807, 2.05) is 7.05 Å². The summed E-state index contributed by atoms with van der Waals surface area (Å²) in [6, 6.07) is 3.51. The number of amides is 2. The van der Waals surface area contributed by atoms with Gasteiger partial charge in [0.15, 0.2) is 11.5 Å². The maximum atomic E-state index is 12.9. The summed E-state index contributed by atoms with van der Waals surface area (Å²) in [5.74, 6) is 1.43. The SMILES string of the molecule is COc1cc(C(=O)N2CCC(N(C)C(C)=O)CC2)cc(Cl)c1OCCC(C)C. The predicted octanol–water partition coefficient (Wildman–Crippen LogP) is 3.86. The zero-order chi connectivity index (χ0) is 20.8. The molecule has 28 heavy (non-hydrogen) atoms. The Morgan fingerprint density at radius 1 is 1.29 bits per heavy atom. The van der Waals surface area contributed by atoms with Crippen LogP contribution < -0.4 is 9.47 Å². The lowest BCUT2D eigenvalue weighted by molar-refractivity contribution is -0.130. The number of ether oxygens (including phenoxy) is 2. The summed E-state index contributed by atoms with van der Waals surface area (Å²) < 4.78 is 11.2. The normalized spacial score (nSPS) is 14.9. The highest BCUT2D eigenvalue weighted by Crippen LogP contribution is 2.37. The highest BCUT2D eigenvalue weighted by atomic mass is 35.5. The Bertz CT molecular complexity index is 700. The van der Waals surface area contributed by atoms with Gasteiger partial charge in [-0.1, -0.05) is 25.4 Å². The van der Waals surface area contributed by atoms with Crippen molar-refractivity contribution in [3.63, 3.8) is 0 Å². The molecule has 0 N–H and O–H groups in total. The summed E-state index contributed by atoms with van der Waals surface area (Å²) in [4.78, 5) is 28.0. The first kappa shape index (κ1) is 22.3. The van der Waals surface area contributed by atoms with Crippen LogP contribution in [0.25, 0.3) is 0 Å². The van der Waals surface area contributed by atoms with E-state index in [0.29, 0.717) is 47.7 Å². The van der Waals surface area contributed by atoms with E-state index in [1.54, 1.807) is 28.9 Å². The Kier molecular flexibility index (Phi) is 7.98. The molecule has 0 bridgehead atoms. The van der Waals surface area contributed by atoms with Crippen molar-refractivity contribution in [3.8, 4) is 11.5 Å². The molecule has 0 unspecified atom stereocenters. The van der Waals surface area contributed by atoms with Crippen molar-refractivity contribution >= 4 is 23.4 Å². The van der Waals surface area contributed by atoms with Crippen molar-refractivity contribution in [1.82, 2.24) is 9.80 Å². The number of nitrogens with zero attached hydrogens (tertiary/aromatic N) is 2. The average Bonchev–Trinajstić information content (AvgIpc) is 2.67. The summed E-state index contributed by atoms with van der Waals surface area (Å²) in [5.41, 5.74) is 0.483. The third-order valence-corrected chi connectivity index (χ3v) is 5.49. The molecule has 1 aliphatic rings. The standard InChI is InChI=1S/C21H31ClN2O4/c1-14(2)8-11-28-20-18(22)12-16(13-19(20)27-5)21(26)24-9-6-17(7-10-24)23(4)15(3)25/h12-14,17H,6-11H2,1-5H3. The Morgan fingerprint density at radius 3 is 2.46 bits per heavy atom. The van der Waals surface area contributed by atoms with Crippen molar-refractivity contribution in [3.05, 3.63) is 22.7 Å². The van der Waals surface area contributed by atoms with Gasteiger partial charge in [0.1, 0.15) is 0 Å². The van der Waals surface area contributed by atoms with E-state index in [1.165, 1.54) is 7.11 Å². The van der Waals surface area contributed by atoms with E-state index in [9.17, 15) is 9.59 Å². The lowest BCUT2D eigenvalue weighted by Gasteiger charge is -2.36. The number of halogens is 1. The maximum Gasteiger partial charge on any atom is 0.254 e. The number of likely N-dealkylation sites (tertiary alicyclic amines) is 1. The van der Waals surface area contributed by atoms with Gasteiger partial charge in [0, 0.05) is 38.7 Å². The molecule has 7 heteroatoms. The molecule has 0 spiro atoms. The first-order chi connectivity index (χ1) is 13.2. The molecule has 0 radical (unpaired) electrons. The lowest BCUT2D eigenvalue weighted by atomic mass is 10.0. The molecule has 1 aromatic carbocycles. The molecule has 1 heterocycles. The van der Waals surface area contributed by atoms with Crippen LogP contribution in [0.1, 0.15) is 50.4 Å². The van der Waals surface area contributed by atoms with Crippen molar-refractivity contribution < 1.29 is 19.1 Å². The fourth-order valence-electron chi connectivity index (χ4n) is 3.28. The Morgan fingerprint density at radius 2 is 1.93 bits per heavy atom. The van der Waals surface area contributed by atoms with Gasteiger partial charge < -0.3 is 19.3 Å². The number of hydrogen-bond donors (Lipinski definition) is 0. The van der Waals surface area contributed by atoms with Crippen LogP contribution in [0.4, 0.5) is 0 Å². The fourth-order valence-corrected chi connectivity index (χ4v) is 3.54. The van der Waals surface area contributed by atoms with Gasteiger partial charge in [0.25, 0.3) is 5.91 Å². The van der Waals surface area contributed by atoms with E-state index >= 15 is 0 Å². The minimum Gasteiger partial charge on any atom is -0.493 e. The maximum absolute atomic E-state index is 12.9. The number of hydrogen-bond acceptors (Lipinski definition) is 4. The minimum atomic E-state index is -0.0853. The minimum absolute atomic E-state index is 0.0503. The van der Waals surface area contributed by atoms with Gasteiger partial charge in [-0.05, 0) is 37.3 Å². The molecule has 6 nitrogen and oxygen atoms in total. The number of piperidine rings is 1.